The van der Waals surface area contributed by atoms with Gasteiger partial charge in [-0.1, -0.05) is 99.1 Å². The lowest BCUT2D eigenvalue weighted by Gasteiger charge is -2.29. The first kappa shape index (κ1) is 20.9. The summed E-state index contributed by atoms with van der Waals surface area (Å²) in [6.45, 7) is 4.59. The highest BCUT2D eigenvalue weighted by Crippen LogP contribution is 2.40. The third-order valence-electron chi connectivity index (χ3n) is 7.08. The largest absolute Gasteiger partial charge is 0.0651 e. The van der Waals surface area contributed by atoms with Gasteiger partial charge in [0.05, 0.1) is 0 Å². The highest BCUT2D eigenvalue weighted by atomic mass is 14.3. The molecule has 3 aromatic carbocycles. The fourth-order valence-corrected chi connectivity index (χ4v) is 5.18. The fraction of sp³-hybridized carbons (Fsp3) is 0.400. The Morgan fingerprint density at radius 3 is 1.67 bits per heavy atom. The van der Waals surface area contributed by atoms with Gasteiger partial charge in [-0.2, -0.15) is 0 Å². The van der Waals surface area contributed by atoms with Gasteiger partial charge in [-0.3, -0.25) is 0 Å². The van der Waals surface area contributed by atoms with E-state index in [2.05, 4.69) is 92.7 Å². The summed E-state index contributed by atoms with van der Waals surface area (Å²) in [5.74, 6) is 2.06. The topological polar surface area (TPSA) is 0 Å². The lowest BCUT2D eigenvalue weighted by Crippen LogP contribution is -2.12. The lowest BCUT2D eigenvalue weighted by molar-refractivity contribution is 0.396. The first-order valence-corrected chi connectivity index (χ1v) is 12.0. The SMILES string of the molecule is CCCc1ccc(C2CCC(c3ccc(C[C@@H](C)c4ccccc4)cc3)CC2)cc1. The molecule has 156 valence electrons. The minimum Gasteiger partial charge on any atom is -0.0651 e. The van der Waals surface area contributed by atoms with Crippen molar-refractivity contribution in [2.24, 2.45) is 0 Å². The summed E-state index contributed by atoms with van der Waals surface area (Å²) in [7, 11) is 0. The molecular weight excluding hydrogens is 360 g/mol. The molecule has 0 nitrogen and oxygen atoms in total. The van der Waals surface area contributed by atoms with Crippen LogP contribution in [0.3, 0.4) is 0 Å². The average Bonchev–Trinajstić information content (AvgIpc) is 2.81. The first-order valence-electron chi connectivity index (χ1n) is 12.0. The van der Waals surface area contributed by atoms with E-state index in [1.165, 1.54) is 55.2 Å². The van der Waals surface area contributed by atoms with Gasteiger partial charge in [0.25, 0.3) is 0 Å². The van der Waals surface area contributed by atoms with Gasteiger partial charge in [0, 0.05) is 0 Å². The normalized spacial score (nSPS) is 20.1. The van der Waals surface area contributed by atoms with Gasteiger partial charge >= 0.3 is 0 Å². The maximum atomic E-state index is 2.40. The smallest absolute Gasteiger partial charge is 0.0150 e. The number of rotatable bonds is 7. The summed E-state index contributed by atoms with van der Waals surface area (Å²) < 4.78 is 0. The molecule has 0 spiro atoms. The maximum absolute atomic E-state index is 2.40. The molecule has 3 aromatic rings. The van der Waals surface area contributed by atoms with Crippen molar-refractivity contribution in [3.8, 4) is 0 Å². The molecule has 1 saturated carbocycles. The van der Waals surface area contributed by atoms with E-state index >= 15 is 0 Å². The van der Waals surface area contributed by atoms with Crippen LogP contribution in [0.1, 0.15) is 91.5 Å². The second kappa shape index (κ2) is 10.1. The maximum Gasteiger partial charge on any atom is -0.0150 e. The standard InChI is InChI=1S/C30H36/c1-3-7-24-10-14-27(15-11-24)29-18-20-30(21-19-29)28-16-12-25(13-17-28)22-23(2)26-8-5-4-6-9-26/h4-6,8-17,23,29-30H,3,7,18-22H2,1-2H3/t23-,29?,30?/m1/s1. The van der Waals surface area contributed by atoms with Crippen LogP contribution >= 0.6 is 0 Å². The molecular formula is C30H36. The number of hydrogen-bond donors (Lipinski definition) is 0. The van der Waals surface area contributed by atoms with Gasteiger partial charge in [-0.15, -0.1) is 0 Å². The van der Waals surface area contributed by atoms with Crippen molar-refractivity contribution in [2.75, 3.05) is 0 Å². The third kappa shape index (κ3) is 5.22. The monoisotopic (exact) mass is 396 g/mol. The summed E-state index contributed by atoms with van der Waals surface area (Å²) in [4.78, 5) is 0. The van der Waals surface area contributed by atoms with Crippen molar-refractivity contribution in [2.45, 2.75) is 76.5 Å². The van der Waals surface area contributed by atoms with E-state index in [9.17, 15) is 0 Å². The zero-order valence-corrected chi connectivity index (χ0v) is 18.7. The molecule has 0 aromatic heterocycles. The van der Waals surface area contributed by atoms with Crippen LogP contribution in [0.25, 0.3) is 0 Å². The van der Waals surface area contributed by atoms with Crippen LogP contribution in [-0.2, 0) is 12.8 Å². The Balaban J connectivity index is 1.31. The Morgan fingerprint density at radius 2 is 1.17 bits per heavy atom. The minimum absolute atomic E-state index is 0.566. The van der Waals surface area contributed by atoms with Crippen molar-refractivity contribution in [3.05, 3.63) is 107 Å². The summed E-state index contributed by atoms with van der Waals surface area (Å²) in [6, 6.07) is 29.9. The van der Waals surface area contributed by atoms with Gasteiger partial charge in [0.1, 0.15) is 0 Å². The van der Waals surface area contributed by atoms with Crippen LogP contribution in [0, 0.1) is 0 Å². The molecule has 0 amide bonds. The number of aryl methyl sites for hydroxylation is 1. The van der Waals surface area contributed by atoms with E-state index in [1.54, 1.807) is 11.1 Å². The first-order chi connectivity index (χ1) is 14.7. The molecule has 1 atom stereocenters. The van der Waals surface area contributed by atoms with Crippen LogP contribution in [0.5, 0.6) is 0 Å². The van der Waals surface area contributed by atoms with E-state index in [4.69, 9.17) is 0 Å². The van der Waals surface area contributed by atoms with Crippen molar-refractivity contribution in [3.63, 3.8) is 0 Å². The molecule has 0 aliphatic heterocycles. The van der Waals surface area contributed by atoms with Crippen LogP contribution in [0.2, 0.25) is 0 Å². The molecule has 0 heterocycles. The van der Waals surface area contributed by atoms with Gasteiger partial charge in [0.2, 0.25) is 0 Å². The highest BCUT2D eigenvalue weighted by Gasteiger charge is 2.23. The number of benzene rings is 3. The van der Waals surface area contributed by atoms with Crippen LogP contribution < -0.4 is 0 Å². The van der Waals surface area contributed by atoms with E-state index in [1.807, 2.05) is 0 Å². The Morgan fingerprint density at radius 1 is 0.667 bits per heavy atom. The van der Waals surface area contributed by atoms with E-state index < -0.39 is 0 Å². The highest BCUT2D eigenvalue weighted by molar-refractivity contribution is 5.30. The zero-order valence-electron chi connectivity index (χ0n) is 18.7. The Bertz CT molecular complexity index is 881. The van der Waals surface area contributed by atoms with Gasteiger partial charge < -0.3 is 0 Å². The zero-order chi connectivity index (χ0) is 20.8. The molecule has 1 aliphatic carbocycles. The van der Waals surface area contributed by atoms with Gasteiger partial charge in [-0.25, -0.2) is 0 Å². The summed E-state index contributed by atoms with van der Waals surface area (Å²) >= 11 is 0. The van der Waals surface area contributed by atoms with E-state index in [-0.39, 0.29) is 0 Å². The predicted octanol–water partition coefficient (Wildman–Crippen LogP) is 8.43. The average molecular weight is 397 g/mol. The predicted molar refractivity (Wildman–Crippen MR) is 129 cm³/mol. The van der Waals surface area contributed by atoms with Crippen molar-refractivity contribution in [1.29, 1.82) is 0 Å². The second-order valence-corrected chi connectivity index (χ2v) is 9.30. The number of hydrogen-bond acceptors (Lipinski definition) is 0. The van der Waals surface area contributed by atoms with Crippen LogP contribution in [0.4, 0.5) is 0 Å². The van der Waals surface area contributed by atoms with Crippen LogP contribution in [-0.4, -0.2) is 0 Å². The van der Waals surface area contributed by atoms with E-state index in [0.29, 0.717) is 5.92 Å². The van der Waals surface area contributed by atoms with Crippen molar-refractivity contribution < 1.29 is 0 Å². The Hall–Kier alpha value is -2.34. The van der Waals surface area contributed by atoms with Crippen molar-refractivity contribution >= 4 is 0 Å². The molecule has 0 bridgehead atoms. The molecule has 1 aliphatic rings. The summed E-state index contributed by atoms with van der Waals surface area (Å²) in [6.07, 6.45) is 8.84. The van der Waals surface area contributed by atoms with Crippen molar-refractivity contribution in [1.82, 2.24) is 0 Å². The molecule has 30 heavy (non-hydrogen) atoms. The molecule has 0 unspecified atom stereocenters. The van der Waals surface area contributed by atoms with E-state index in [0.717, 1.165) is 18.3 Å². The lowest BCUT2D eigenvalue weighted by atomic mass is 9.76. The minimum atomic E-state index is 0.566. The Labute approximate surface area is 183 Å². The molecule has 1 fully saturated rings. The fourth-order valence-electron chi connectivity index (χ4n) is 5.18. The van der Waals surface area contributed by atoms with Gasteiger partial charge in [0.15, 0.2) is 0 Å². The summed E-state index contributed by atoms with van der Waals surface area (Å²) in [5.41, 5.74) is 7.47. The third-order valence-corrected chi connectivity index (χ3v) is 7.08. The van der Waals surface area contributed by atoms with Gasteiger partial charge in [-0.05, 0) is 84.1 Å². The molecule has 0 heteroatoms. The molecule has 0 radical (unpaired) electrons. The molecule has 0 N–H and O–H groups in total. The van der Waals surface area contributed by atoms with Crippen LogP contribution in [0.15, 0.2) is 78.9 Å². The quantitative estimate of drug-likeness (QED) is 0.376. The molecule has 4 rings (SSSR count). The molecule has 0 saturated heterocycles. The second-order valence-electron chi connectivity index (χ2n) is 9.30. The summed E-state index contributed by atoms with van der Waals surface area (Å²) in [5, 5.41) is 0. The Kier molecular flexibility index (Phi) is 7.05.